The molecule has 0 atom stereocenters. The van der Waals surface area contributed by atoms with Crippen LogP contribution >= 0.6 is 0 Å². The van der Waals surface area contributed by atoms with Gasteiger partial charge in [-0.2, -0.15) is 0 Å². The van der Waals surface area contributed by atoms with Crippen LogP contribution in [0.4, 0.5) is 0 Å². The van der Waals surface area contributed by atoms with Gasteiger partial charge in [0.05, 0.1) is 13.5 Å². The van der Waals surface area contributed by atoms with Gasteiger partial charge in [0.15, 0.2) is 0 Å². The third-order valence-corrected chi connectivity index (χ3v) is 4.46. The van der Waals surface area contributed by atoms with Crippen LogP contribution in [0.15, 0.2) is 54.6 Å². The second-order valence-electron chi connectivity index (χ2n) is 6.17. The van der Waals surface area contributed by atoms with Gasteiger partial charge in [0.2, 0.25) is 5.91 Å². The fourth-order valence-corrected chi connectivity index (χ4v) is 3.07. The highest BCUT2D eigenvalue weighted by atomic mass is 16.5. The van der Waals surface area contributed by atoms with Gasteiger partial charge in [0, 0.05) is 32.7 Å². The van der Waals surface area contributed by atoms with Crippen LogP contribution in [0.2, 0.25) is 0 Å². The van der Waals surface area contributed by atoms with E-state index in [1.165, 1.54) is 5.56 Å². The van der Waals surface area contributed by atoms with E-state index in [0.717, 1.165) is 44.0 Å². The van der Waals surface area contributed by atoms with Crippen molar-refractivity contribution in [1.82, 2.24) is 9.80 Å². The summed E-state index contributed by atoms with van der Waals surface area (Å²) in [4.78, 5) is 16.8. The quantitative estimate of drug-likeness (QED) is 0.847. The number of carbonyl (C=O) groups excluding carboxylic acids is 1. The molecule has 0 N–H and O–H groups in total. The molecule has 4 nitrogen and oxygen atoms in total. The number of methoxy groups -OCH3 is 1. The van der Waals surface area contributed by atoms with Gasteiger partial charge in [-0.05, 0) is 23.3 Å². The first-order chi connectivity index (χ1) is 11.7. The van der Waals surface area contributed by atoms with Crippen molar-refractivity contribution >= 4 is 5.91 Å². The van der Waals surface area contributed by atoms with E-state index in [2.05, 4.69) is 17.0 Å². The van der Waals surface area contributed by atoms with E-state index in [1.54, 1.807) is 7.11 Å². The van der Waals surface area contributed by atoms with Gasteiger partial charge in [0.1, 0.15) is 5.75 Å². The van der Waals surface area contributed by atoms with Gasteiger partial charge in [-0.3, -0.25) is 9.69 Å². The highest BCUT2D eigenvalue weighted by Crippen LogP contribution is 2.15. The molecule has 0 aromatic heterocycles. The van der Waals surface area contributed by atoms with E-state index in [-0.39, 0.29) is 5.91 Å². The maximum atomic E-state index is 12.4. The summed E-state index contributed by atoms with van der Waals surface area (Å²) in [6, 6.07) is 18.1. The molecule has 126 valence electrons. The summed E-state index contributed by atoms with van der Waals surface area (Å²) in [6.45, 7) is 4.33. The molecule has 0 radical (unpaired) electrons. The third kappa shape index (κ3) is 4.36. The molecule has 4 heteroatoms. The molecule has 0 spiro atoms. The van der Waals surface area contributed by atoms with Gasteiger partial charge < -0.3 is 9.64 Å². The molecular formula is C20H24N2O2. The summed E-state index contributed by atoms with van der Waals surface area (Å²) >= 11 is 0. The maximum Gasteiger partial charge on any atom is 0.227 e. The molecule has 1 amide bonds. The molecule has 2 aromatic carbocycles. The lowest BCUT2D eigenvalue weighted by atomic mass is 10.1. The zero-order valence-electron chi connectivity index (χ0n) is 14.1. The largest absolute Gasteiger partial charge is 0.497 e. The predicted molar refractivity (Wildman–Crippen MR) is 95.0 cm³/mol. The molecule has 0 saturated carbocycles. The SMILES string of the molecule is COc1cccc(CN2CCN(C(=O)Cc3ccccc3)CC2)c1. The van der Waals surface area contributed by atoms with Crippen molar-refractivity contribution in [2.24, 2.45) is 0 Å². The minimum absolute atomic E-state index is 0.224. The molecule has 1 fully saturated rings. The normalized spacial score (nSPS) is 15.3. The van der Waals surface area contributed by atoms with Crippen molar-refractivity contribution in [1.29, 1.82) is 0 Å². The topological polar surface area (TPSA) is 32.8 Å². The Hall–Kier alpha value is -2.33. The zero-order chi connectivity index (χ0) is 16.8. The Balaban J connectivity index is 1.49. The highest BCUT2D eigenvalue weighted by Gasteiger charge is 2.21. The Morgan fingerprint density at radius 3 is 2.38 bits per heavy atom. The highest BCUT2D eigenvalue weighted by molar-refractivity contribution is 5.78. The number of carbonyl (C=O) groups is 1. The molecule has 1 aliphatic heterocycles. The fourth-order valence-electron chi connectivity index (χ4n) is 3.07. The molecule has 24 heavy (non-hydrogen) atoms. The van der Waals surface area contributed by atoms with Gasteiger partial charge >= 0.3 is 0 Å². The molecule has 2 aromatic rings. The van der Waals surface area contributed by atoms with Crippen LogP contribution in [-0.4, -0.2) is 49.0 Å². The Labute approximate surface area is 143 Å². The van der Waals surface area contributed by atoms with Crippen molar-refractivity contribution in [2.45, 2.75) is 13.0 Å². The minimum Gasteiger partial charge on any atom is -0.497 e. The summed E-state index contributed by atoms with van der Waals surface area (Å²) < 4.78 is 5.28. The Kier molecular flexibility index (Phi) is 5.49. The van der Waals surface area contributed by atoms with Crippen molar-refractivity contribution in [2.75, 3.05) is 33.3 Å². The van der Waals surface area contributed by atoms with Gasteiger partial charge in [-0.25, -0.2) is 0 Å². The van der Waals surface area contributed by atoms with Crippen molar-refractivity contribution in [3.8, 4) is 5.75 Å². The monoisotopic (exact) mass is 324 g/mol. The lowest BCUT2D eigenvalue weighted by molar-refractivity contribution is -0.132. The first-order valence-electron chi connectivity index (χ1n) is 8.41. The summed E-state index contributed by atoms with van der Waals surface area (Å²) in [5.41, 5.74) is 2.33. The molecular weight excluding hydrogens is 300 g/mol. The number of ether oxygens (including phenoxy) is 1. The van der Waals surface area contributed by atoms with Crippen LogP contribution in [0.25, 0.3) is 0 Å². The molecule has 1 aliphatic rings. The third-order valence-electron chi connectivity index (χ3n) is 4.46. The molecule has 0 bridgehead atoms. The first kappa shape index (κ1) is 16.5. The van der Waals surface area contributed by atoms with E-state index >= 15 is 0 Å². The summed E-state index contributed by atoms with van der Waals surface area (Å²) in [7, 11) is 1.69. The molecule has 1 heterocycles. The Morgan fingerprint density at radius 2 is 1.67 bits per heavy atom. The van der Waals surface area contributed by atoms with Crippen LogP contribution in [-0.2, 0) is 17.8 Å². The van der Waals surface area contributed by atoms with E-state index in [4.69, 9.17) is 4.74 Å². The standard InChI is InChI=1S/C20H24N2O2/c1-24-19-9-5-8-18(14-19)16-21-10-12-22(13-11-21)20(23)15-17-6-3-2-4-7-17/h2-9,14H,10-13,15-16H2,1H3. The van der Waals surface area contributed by atoms with Gasteiger partial charge in [-0.1, -0.05) is 42.5 Å². The molecule has 0 aliphatic carbocycles. The Bertz CT molecular complexity index is 664. The van der Waals surface area contributed by atoms with Crippen LogP contribution in [0, 0.1) is 0 Å². The second-order valence-corrected chi connectivity index (χ2v) is 6.17. The number of nitrogens with zero attached hydrogens (tertiary/aromatic N) is 2. The number of amides is 1. The van der Waals surface area contributed by atoms with E-state index in [1.807, 2.05) is 47.4 Å². The average Bonchev–Trinajstić information content (AvgIpc) is 2.63. The number of benzene rings is 2. The summed E-state index contributed by atoms with van der Waals surface area (Å²) in [5.74, 6) is 1.12. The van der Waals surface area contributed by atoms with Crippen molar-refractivity contribution in [3.63, 3.8) is 0 Å². The predicted octanol–water partition coefficient (Wildman–Crippen LogP) is 2.58. The number of hydrogen-bond acceptors (Lipinski definition) is 3. The fraction of sp³-hybridized carbons (Fsp3) is 0.350. The Morgan fingerprint density at radius 1 is 0.958 bits per heavy atom. The lowest BCUT2D eigenvalue weighted by Crippen LogP contribution is -2.48. The first-order valence-corrected chi connectivity index (χ1v) is 8.41. The van der Waals surface area contributed by atoms with Crippen molar-refractivity contribution < 1.29 is 9.53 Å². The summed E-state index contributed by atoms with van der Waals surface area (Å²) in [5, 5.41) is 0. The van der Waals surface area contributed by atoms with Gasteiger partial charge in [-0.15, -0.1) is 0 Å². The number of piperazine rings is 1. The molecule has 3 rings (SSSR count). The van der Waals surface area contributed by atoms with Crippen molar-refractivity contribution in [3.05, 3.63) is 65.7 Å². The minimum atomic E-state index is 0.224. The average molecular weight is 324 g/mol. The smallest absolute Gasteiger partial charge is 0.227 e. The van der Waals surface area contributed by atoms with E-state index in [0.29, 0.717) is 6.42 Å². The molecule has 0 unspecified atom stereocenters. The number of hydrogen-bond donors (Lipinski definition) is 0. The van der Waals surface area contributed by atoms with Crippen LogP contribution < -0.4 is 4.74 Å². The zero-order valence-corrected chi connectivity index (χ0v) is 14.1. The van der Waals surface area contributed by atoms with Crippen LogP contribution in [0.3, 0.4) is 0 Å². The number of rotatable bonds is 5. The summed E-state index contributed by atoms with van der Waals surface area (Å²) in [6.07, 6.45) is 0.497. The molecule has 1 saturated heterocycles. The maximum absolute atomic E-state index is 12.4. The lowest BCUT2D eigenvalue weighted by Gasteiger charge is -2.35. The van der Waals surface area contributed by atoms with E-state index < -0.39 is 0 Å². The van der Waals surface area contributed by atoms with Crippen LogP contribution in [0.5, 0.6) is 5.75 Å². The second kappa shape index (κ2) is 7.97. The van der Waals surface area contributed by atoms with Gasteiger partial charge in [0.25, 0.3) is 0 Å². The van der Waals surface area contributed by atoms with Crippen LogP contribution in [0.1, 0.15) is 11.1 Å². The van der Waals surface area contributed by atoms with E-state index in [9.17, 15) is 4.79 Å².